The molecular weight excluding hydrogens is 546 g/mol. The lowest BCUT2D eigenvalue weighted by Gasteiger charge is -2.39. The van der Waals surface area contributed by atoms with Crippen LogP contribution < -0.4 is 10.6 Å². The summed E-state index contributed by atoms with van der Waals surface area (Å²) in [6, 6.07) is 7.43. The molecule has 1 aromatic carbocycles. The highest BCUT2D eigenvalue weighted by atomic mass is 16.6. The summed E-state index contributed by atoms with van der Waals surface area (Å²) in [5, 5.41) is 6.15. The Labute approximate surface area is 259 Å². The Hall–Kier alpha value is -3.20. The zero-order valence-corrected chi connectivity index (χ0v) is 28.4. The van der Waals surface area contributed by atoms with Crippen molar-refractivity contribution < 1.29 is 28.7 Å². The molecule has 0 spiro atoms. The minimum atomic E-state index is -0.891. The van der Waals surface area contributed by atoms with Crippen molar-refractivity contribution in [2.24, 2.45) is 5.41 Å². The summed E-state index contributed by atoms with van der Waals surface area (Å²) in [6.07, 6.45) is 3.17. The van der Waals surface area contributed by atoms with Crippen LogP contribution >= 0.6 is 0 Å². The van der Waals surface area contributed by atoms with E-state index in [0.29, 0.717) is 12.0 Å². The first kappa shape index (κ1) is 37.8. The van der Waals surface area contributed by atoms with Crippen molar-refractivity contribution in [3.63, 3.8) is 0 Å². The standard InChI is InChI=1S/C34H55N3O6/c1-13-18-25(21-23(3)31(41)42-14-2)37(12)30(40)28(32(4,5)6)36-29(39)27(35-22-26(38)43-33(7,8)9)34(10,11)24-19-16-15-17-20-24/h15-17,19-21,25,27-28,35H,13-14,18,22H2,1-12H3,(H,36,39)/b23-21+/t25-,27?,28+/m0/s1. The van der Waals surface area contributed by atoms with Crippen molar-refractivity contribution in [1.29, 1.82) is 0 Å². The number of hydrogen-bond acceptors (Lipinski definition) is 7. The number of nitrogens with zero attached hydrogens (tertiary/aromatic N) is 1. The van der Waals surface area contributed by atoms with Gasteiger partial charge in [0.1, 0.15) is 11.6 Å². The van der Waals surface area contributed by atoms with Crippen LogP contribution in [0.3, 0.4) is 0 Å². The van der Waals surface area contributed by atoms with E-state index in [-0.39, 0.29) is 25.1 Å². The van der Waals surface area contributed by atoms with Crippen LogP contribution in [0.25, 0.3) is 0 Å². The van der Waals surface area contributed by atoms with Gasteiger partial charge >= 0.3 is 11.9 Å². The van der Waals surface area contributed by atoms with E-state index in [2.05, 4.69) is 10.6 Å². The molecule has 0 aromatic heterocycles. The molecule has 0 fully saturated rings. The van der Waals surface area contributed by atoms with E-state index in [0.717, 1.165) is 12.0 Å². The molecule has 1 aromatic rings. The molecule has 9 heteroatoms. The van der Waals surface area contributed by atoms with Crippen molar-refractivity contribution in [1.82, 2.24) is 15.5 Å². The maximum absolute atomic E-state index is 14.1. The summed E-state index contributed by atoms with van der Waals surface area (Å²) in [4.78, 5) is 54.7. The quantitative estimate of drug-likeness (QED) is 0.230. The topological polar surface area (TPSA) is 114 Å². The number of esters is 2. The molecule has 0 aliphatic heterocycles. The van der Waals surface area contributed by atoms with Gasteiger partial charge in [0.15, 0.2) is 0 Å². The maximum Gasteiger partial charge on any atom is 0.333 e. The van der Waals surface area contributed by atoms with Crippen LogP contribution in [0.4, 0.5) is 0 Å². The SMILES string of the molecule is CCC[C@@H](/C=C(\C)C(=O)OCC)N(C)C(=O)[C@@H](NC(=O)C(NCC(=O)OC(C)(C)C)C(C)(C)c1ccccc1)C(C)(C)C. The molecule has 242 valence electrons. The van der Waals surface area contributed by atoms with Gasteiger partial charge in [-0.1, -0.05) is 84.4 Å². The van der Waals surface area contributed by atoms with Gasteiger partial charge in [-0.2, -0.15) is 0 Å². The number of ether oxygens (including phenoxy) is 2. The van der Waals surface area contributed by atoms with Crippen molar-refractivity contribution in [2.45, 2.75) is 118 Å². The lowest BCUT2D eigenvalue weighted by atomic mass is 9.76. The highest BCUT2D eigenvalue weighted by Crippen LogP contribution is 2.29. The summed E-state index contributed by atoms with van der Waals surface area (Å²) in [7, 11) is 1.69. The average molecular weight is 602 g/mol. The fourth-order valence-electron chi connectivity index (χ4n) is 4.80. The lowest BCUT2D eigenvalue weighted by molar-refractivity contribution is -0.154. The zero-order valence-electron chi connectivity index (χ0n) is 28.4. The largest absolute Gasteiger partial charge is 0.463 e. The first-order valence-electron chi connectivity index (χ1n) is 15.2. The predicted molar refractivity (Wildman–Crippen MR) is 170 cm³/mol. The molecule has 0 aliphatic carbocycles. The Bertz CT molecular complexity index is 1120. The molecule has 0 saturated heterocycles. The van der Waals surface area contributed by atoms with Crippen LogP contribution in [-0.2, 0) is 34.1 Å². The van der Waals surface area contributed by atoms with Crippen LogP contribution in [0.1, 0.15) is 94.6 Å². The van der Waals surface area contributed by atoms with Gasteiger partial charge in [0.05, 0.1) is 25.2 Å². The normalized spacial score (nSPS) is 14.7. The molecule has 2 amide bonds. The zero-order chi connectivity index (χ0) is 33.2. The summed E-state index contributed by atoms with van der Waals surface area (Å²) in [6.45, 7) is 20.4. The van der Waals surface area contributed by atoms with E-state index in [1.165, 1.54) is 0 Å². The first-order valence-corrected chi connectivity index (χ1v) is 15.2. The molecular formula is C34H55N3O6. The van der Waals surface area contributed by atoms with Gasteiger partial charge in [0.2, 0.25) is 11.8 Å². The molecule has 3 atom stereocenters. The molecule has 0 aliphatic rings. The molecule has 0 heterocycles. The van der Waals surface area contributed by atoms with Gasteiger partial charge in [-0.3, -0.25) is 19.7 Å². The number of carbonyl (C=O) groups excluding carboxylic acids is 4. The number of nitrogens with one attached hydrogen (secondary N) is 2. The number of likely N-dealkylation sites (N-methyl/N-ethyl adjacent to an activating group) is 1. The number of rotatable bonds is 14. The van der Waals surface area contributed by atoms with Crippen molar-refractivity contribution >= 4 is 23.8 Å². The summed E-state index contributed by atoms with van der Waals surface area (Å²) in [5.74, 6) is -1.60. The van der Waals surface area contributed by atoms with Gasteiger partial charge in [-0.05, 0) is 52.0 Å². The average Bonchev–Trinajstić information content (AvgIpc) is 2.89. The molecule has 1 rings (SSSR count). The predicted octanol–water partition coefficient (Wildman–Crippen LogP) is 4.93. The van der Waals surface area contributed by atoms with Crippen LogP contribution in [0.5, 0.6) is 0 Å². The number of hydrogen-bond donors (Lipinski definition) is 2. The maximum atomic E-state index is 14.1. The number of amides is 2. The Balaban J connectivity index is 3.42. The van der Waals surface area contributed by atoms with Crippen LogP contribution in [-0.4, -0.2) is 72.6 Å². The van der Waals surface area contributed by atoms with Crippen molar-refractivity contribution in [3.8, 4) is 0 Å². The van der Waals surface area contributed by atoms with Crippen molar-refractivity contribution in [2.75, 3.05) is 20.2 Å². The third kappa shape index (κ3) is 11.8. The van der Waals surface area contributed by atoms with E-state index < -0.39 is 46.4 Å². The first-order chi connectivity index (χ1) is 19.8. The Morgan fingerprint density at radius 3 is 2.00 bits per heavy atom. The summed E-state index contributed by atoms with van der Waals surface area (Å²) < 4.78 is 10.6. The number of carbonyl (C=O) groups is 4. The van der Waals surface area contributed by atoms with E-state index >= 15 is 0 Å². The minimum Gasteiger partial charge on any atom is -0.463 e. The van der Waals surface area contributed by atoms with Gasteiger partial charge < -0.3 is 19.7 Å². The lowest BCUT2D eigenvalue weighted by Crippen LogP contribution is -2.62. The fraction of sp³-hybridized carbons (Fsp3) is 0.647. The van der Waals surface area contributed by atoms with E-state index in [1.807, 2.05) is 71.9 Å². The van der Waals surface area contributed by atoms with Crippen LogP contribution in [0.15, 0.2) is 42.0 Å². The monoisotopic (exact) mass is 601 g/mol. The van der Waals surface area contributed by atoms with Gasteiger partial charge in [-0.25, -0.2) is 4.79 Å². The molecule has 0 bridgehead atoms. The summed E-state index contributed by atoms with van der Waals surface area (Å²) >= 11 is 0. The Morgan fingerprint density at radius 2 is 1.51 bits per heavy atom. The highest BCUT2D eigenvalue weighted by molar-refractivity contribution is 5.92. The second-order valence-corrected chi connectivity index (χ2v) is 13.7. The highest BCUT2D eigenvalue weighted by Gasteiger charge is 2.42. The molecule has 0 saturated carbocycles. The molecule has 9 nitrogen and oxygen atoms in total. The van der Waals surface area contributed by atoms with Gasteiger partial charge in [-0.15, -0.1) is 0 Å². The van der Waals surface area contributed by atoms with Crippen molar-refractivity contribution in [3.05, 3.63) is 47.5 Å². The fourth-order valence-corrected chi connectivity index (χ4v) is 4.80. The Morgan fingerprint density at radius 1 is 0.930 bits per heavy atom. The van der Waals surface area contributed by atoms with E-state index in [1.54, 1.807) is 52.6 Å². The van der Waals surface area contributed by atoms with Crippen LogP contribution in [0.2, 0.25) is 0 Å². The summed E-state index contributed by atoms with van der Waals surface area (Å²) in [5.41, 5.74) is -0.758. The minimum absolute atomic E-state index is 0.184. The molecule has 0 radical (unpaired) electrons. The number of benzene rings is 1. The van der Waals surface area contributed by atoms with Crippen LogP contribution in [0, 0.1) is 5.41 Å². The molecule has 1 unspecified atom stereocenters. The molecule has 2 N–H and O–H groups in total. The smallest absolute Gasteiger partial charge is 0.333 e. The second-order valence-electron chi connectivity index (χ2n) is 13.7. The third-order valence-corrected chi connectivity index (χ3v) is 7.24. The van der Waals surface area contributed by atoms with Gasteiger partial charge in [0, 0.05) is 18.0 Å². The van der Waals surface area contributed by atoms with E-state index in [9.17, 15) is 19.2 Å². The van der Waals surface area contributed by atoms with E-state index in [4.69, 9.17) is 9.47 Å². The third-order valence-electron chi connectivity index (χ3n) is 7.24. The second kappa shape index (κ2) is 16.0. The van der Waals surface area contributed by atoms with Gasteiger partial charge in [0.25, 0.3) is 0 Å². The molecule has 43 heavy (non-hydrogen) atoms. The Kier molecular flexibility index (Phi) is 14.1.